The highest BCUT2D eigenvalue weighted by Gasteiger charge is 2.55. The number of nitrogens with zero attached hydrogens (tertiary/aromatic N) is 2. The van der Waals surface area contributed by atoms with E-state index in [-0.39, 0.29) is 24.4 Å². The van der Waals surface area contributed by atoms with Crippen molar-refractivity contribution < 1.29 is 19.1 Å². The van der Waals surface area contributed by atoms with Crippen LogP contribution in [0.25, 0.3) is 0 Å². The second kappa shape index (κ2) is 8.42. The highest BCUT2D eigenvalue weighted by molar-refractivity contribution is 6.09. The van der Waals surface area contributed by atoms with Crippen LogP contribution in [0, 0.1) is 0 Å². The Bertz CT molecular complexity index is 1080. The molecule has 2 fully saturated rings. The van der Waals surface area contributed by atoms with Crippen LogP contribution in [0.1, 0.15) is 30.4 Å². The van der Waals surface area contributed by atoms with E-state index in [1.54, 1.807) is 7.11 Å². The summed E-state index contributed by atoms with van der Waals surface area (Å²) in [6.45, 7) is 1.38. The smallest absolute Gasteiger partial charge is 0.325 e. The molecule has 3 aliphatic rings. The number of urea groups is 1. The Morgan fingerprint density at radius 2 is 1.85 bits per heavy atom. The number of benzene rings is 2. The van der Waals surface area contributed by atoms with Gasteiger partial charge >= 0.3 is 6.03 Å². The maximum Gasteiger partial charge on any atom is 0.325 e. The number of hydrogen-bond acceptors (Lipinski definition) is 5. The molecule has 0 aromatic heterocycles. The van der Waals surface area contributed by atoms with Gasteiger partial charge in [-0.15, -0.1) is 0 Å². The lowest BCUT2D eigenvalue weighted by Crippen LogP contribution is -2.49. The van der Waals surface area contributed by atoms with Crippen LogP contribution >= 0.6 is 0 Å². The zero-order valence-electron chi connectivity index (χ0n) is 18.7. The van der Waals surface area contributed by atoms with Crippen molar-refractivity contribution in [3.8, 4) is 5.75 Å². The fourth-order valence-electron chi connectivity index (χ4n) is 5.23. The molecule has 1 aliphatic carbocycles. The fraction of sp³-hybridized carbons (Fsp3) is 0.400. The van der Waals surface area contributed by atoms with E-state index in [1.807, 2.05) is 48.5 Å². The second-order valence-electron chi connectivity index (χ2n) is 8.91. The van der Waals surface area contributed by atoms with Crippen LogP contribution in [0.15, 0.2) is 48.5 Å². The molecule has 0 radical (unpaired) electrons. The molecule has 8 heteroatoms. The number of nitrogens with one attached hydrogen (secondary N) is 2. The van der Waals surface area contributed by atoms with E-state index in [1.165, 1.54) is 0 Å². The lowest BCUT2D eigenvalue weighted by molar-refractivity contribution is -0.135. The molecule has 2 heterocycles. The minimum atomic E-state index is -1.03. The molecule has 4 amide bonds. The Hall–Kier alpha value is -3.55. The van der Waals surface area contributed by atoms with E-state index in [0.717, 1.165) is 59.8 Å². The molecule has 2 aromatic carbocycles. The van der Waals surface area contributed by atoms with Crippen LogP contribution in [0.3, 0.4) is 0 Å². The quantitative estimate of drug-likeness (QED) is 0.685. The van der Waals surface area contributed by atoms with E-state index in [0.29, 0.717) is 6.42 Å². The van der Waals surface area contributed by atoms with Gasteiger partial charge in [0.15, 0.2) is 0 Å². The van der Waals surface area contributed by atoms with E-state index in [9.17, 15) is 14.4 Å². The Kier molecular flexibility index (Phi) is 5.44. The van der Waals surface area contributed by atoms with Crippen molar-refractivity contribution in [1.29, 1.82) is 0 Å². The number of anilines is 1. The zero-order valence-corrected chi connectivity index (χ0v) is 18.7. The molecule has 2 N–H and O–H groups in total. The van der Waals surface area contributed by atoms with Gasteiger partial charge in [0.2, 0.25) is 5.91 Å². The number of hydrogen-bond donors (Lipinski definition) is 2. The zero-order chi connectivity index (χ0) is 23.0. The van der Waals surface area contributed by atoms with Gasteiger partial charge < -0.3 is 20.3 Å². The van der Waals surface area contributed by atoms with Crippen molar-refractivity contribution >= 4 is 23.5 Å². The summed E-state index contributed by atoms with van der Waals surface area (Å²) in [4.78, 5) is 41.9. The van der Waals surface area contributed by atoms with Gasteiger partial charge in [0.05, 0.1) is 7.11 Å². The van der Waals surface area contributed by atoms with Gasteiger partial charge in [0.1, 0.15) is 17.8 Å². The number of fused-ring (bicyclic) bond motifs is 2. The van der Waals surface area contributed by atoms with Gasteiger partial charge in [-0.3, -0.25) is 14.5 Å². The van der Waals surface area contributed by atoms with Crippen molar-refractivity contribution in [2.45, 2.75) is 37.3 Å². The molecule has 2 aliphatic heterocycles. The molecule has 8 nitrogen and oxygen atoms in total. The van der Waals surface area contributed by atoms with Crippen molar-refractivity contribution in [3.63, 3.8) is 0 Å². The number of methoxy groups -OCH3 is 1. The number of ether oxygens (including phenoxy) is 1. The van der Waals surface area contributed by atoms with Crippen LogP contribution in [0.5, 0.6) is 5.75 Å². The van der Waals surface area contributed by atoms with Gasteiger partial charge in [0.25, 0.3) is 5.91 Å². The third kappa shape index (κ3) is 3.79. The first-order valence-electron chi connectivity index (χ1n) is 11.4. The minimum Gasteiger partial charge on any atom is -0.497 e. The number of piperidine rings is 1. The monoisotopic (exact) mass is 448 g/mol. The highest BCUT2D eigenvalue weighted by Crippen LogP contribution is 2.41. The van der Waals surface area contributed by atoms with Gasteiger partial charge in [0, 0.05) is 24.8 Å². The molecular weight excluding hydrogens is 420 g/mol. The van der Waals surface area contributed by atoms with Crippen LogP contribution < -0.4 is 20.3 Å². The van der Waals surface area contributed by atoms with Crippen molar-refractivity contribution in [3.05, 3.63) is 59.7 Å². The van der Waals surface area contributed by atoms with Crippen molar-refractivity contribution in [1.82, 2.24) is 15.5 Å². The van der Waals surface area contributed by atoms with Gasteiger partial charge in [-0.25, -0.2) is 4.79 Å². The molecule has 2 saturated heterocycles. The maximum absolute atomic E-state index is 13.2. The Morgan fingerprint density at radius 1 is 1.12 bits per heavy atom. The largest absolute Gasteiger partial charge is 0.497 e. The number of carbonyl (C=O) groups is 3. The van der Waals surface area contributed by atoms with Crippen LogP contribution in [0.2, 0.25) is 0 Å². The molecule has 1 spiro atoms. The van der Waals surface area contributed by atoms with Crippen LogP contribution in [0.4, 0.5) is 10.5 Å². The van der Waals surface area contributed by atoms with E-state index in [2.05, 4.69) is 15.5 Å². The van der Waals surface area contributed by atoms with Gasteiger partial charge in [-0.2, -0.15) is 0 Å². The number of amides is 4. The Labute approximate surface area is 192 Å². The summed E-state index contributed by atoms with van der Waals surface area (Å²) in [5.41, 5.74) is 2.01. The number of imide groups is 1. The summed E-state index contributed by atoms with van der Waals surface area (Å²) in [5.74, 6) is 0.191. The summed E-state index contributed by atoms with van der Waals surface area (Å²) in [6, 6.07) is 15.2. The Morgan fingerprint density at radius 3 is 2.58 bits per heavy atom. The lowest BCUT2D eigenvalue weighted by atomic mass is 9.92. The molecular formula is C25H28N4O4. The first-order chi connectivity index (χ1) is 16.0. The van der Waals surface area contributed by atoms with Crippen molar-refractivity contribution in [2.75, 3.05) is 31.6 Å². The lowest BCUT2D eigenvalue weighted by Gasteiger charge is -2.34. The molecule has 1 unspecified atom stereocenters. The summed E-state index contributed by atoms with van der Waals surface area (Å²) >= 11 is 0. The predicted octanol–water partition coefficient (Wildman–Crippen LogP) is 2.17. The molecule has 172 valence electrons. The fourth-order valence-corrected chi connectivity index (χ4v) is 5.23. The summed E-state index contributed by atoms with van der Waals surface area (Å²) in [5, 5.41) is 5.88. The molecule has 0 bridgehead atoms. The van der Waals surface area contributed by atoms with Crippen LogP contribution in [-0.4, -0.2) is 55.5 Å². The number of carbonyl (C=O) groups excluding carboxylic acids is 3. The number of aryl methyl sites for hydroxylation is 1. The van der Waals surface area contributed by atoms with E-state index < -0.39 is 11.6 Å². The van der Waals surface area contributed by atoms with E-state index in [4.69, 9.17) is 4.74 Å². The van der Waals surface area contributed by atoms with Gasteiger partial charge in [-0.1, -0.05) is 24.3 Å². The predicted molar refractivity (Wildman–Crippen MR) is 123 cm³/mol. The topological polar surface area (TPSA) is 91.0 Å². The summed E-state index contributed by atoms with van der Waals surface area (Å²) in [7, 11) is 1.65. The normalized spacial score (nSPS) is 22.5. The Balaban J connectivity index is 1.17. The number of rotatable bonds is 5. The standard InChI is InChI=1S/C25H28N4O4/c1-33-20-8-6-19(7-9-20)28-14-11-18(12-15-28)26-22(30)16-29-23(31)25(27-24(29)32)13-10-17-4-2-3-5-21(17)25/h2-9,18H,10-16H2,1H3,(H,26,30)(H,27,32). The molecule has 2 aromatic rings. The summed E-state index contributed by atoms with van der Waals surface area (Å²) in [6.07, 6.45) is 2.86. The average molecular weight is 449 g/mol. The second-order valence-corrected chi connectivity index (χ2v) is 8.91. The average Bonchev–Trinajstić information content (AvgIpc) is 3.32. The van der Waals surface area contributed by atoms with E-state index >= 15 is 0 Å². The van der Waals surface area contributed by atoms with Crippen LogP contribution in [-0.2, 0) is 21.5 Å². The third-order valence-electron chi connectivity index (χ3n) is 7.02. The molecule has 1 atom stereocenters. The molecule has 0 saturated carbocycles. The first kappa shape index (κ1) is 21.3. The summed E-state index contributed by atoms with van der Waals surface area (Å²) < 4.78 is 5.21. The minimum absolute atomic E-state index is 0.0222. The highest BCUT2D eigenvalue weighted by atomic mass is 16.5. The third-order valence-corrected chi connectivity index (χ3v) is 7.02. The first-order valence-corrected chi connectivity index (χ1v) is 11.4. The molecule has 5 rings (SSSR count). The maximum atomic E-state index is 13.2. The van der Waals surface area contributed by atoms with Crippen molar-refractivity contribution in [2.24, 2.45) is 0 Å². The van der Waals surface area contributed by atoms with Gasteiger partial charge in [-0.05, 0) is 61.1 Å². The molecule has 33 heavy (non-hydrogen) atoms. The SMILES string of the molecule is COc1ccc(N2CCC(NC(=O)CN3C(=O)NC4(CCc5ccccc54)C3=O)CC2)cc1.